The molecule has 1 aliphatic heterocycles. The molecule has 6 heteroatoms. The lowest BCUT2D eigenvalue weighted by Gasteiger charge is -2.30. The van der Waals surface area contributed by atoms with Gasteiger partial charge in [0.25, 0.3) is 0 Å². The van der Waals surface area contributed by atoms with Gasteiger partial charge in [-0.1, -0.05) is 0 Å². The molecule has 2 aliphatic rings. The average molecular weight is 338 g/mol. The molecule has 1 aromatic heterocycles. The molecule has 3 rings (SSSR count). The summed E-state index contributed by atoms with van der Waals surface area (Å²) in [5.41, 5.74) is 1.30. The molecular weight excluding hydrogens is 312 g/mol. The summed E-state index contributed by atoms with van der Waals surface area (Å²) in [6, 6.07) is 2.13. The molecule has 2 unspecified atom stereocenters. The lowest BCUT2D eigenvalue weighted by atomic mass is 10.2. The van der Waals surface area contributed by atoms with Crippen molar-refractivity contribution in [1.82, 2.24) is 9.80 Å². The number of morpholine rings is 1. The number of carbonyl (C=O) groups is 1. The van der Waals surface area contributed by atoms with Crippen molar-refractivity contribution in [2.24, 2.45) is 5.92 Å². The number of aliphatic hydroxyl groups is 1. The molecule has 0 aromatic carbocycles. The van der Waals surface area contributed by atoms with E-state index < -0.39 is 0 Å². The van der Waals surface area contributed by atoms with Crippen molar-refractivity contribution in [2.75, 3.05) is 52.5 Å². The number of hydrogen-bond acceptors (Lipinski definition) is 5. The molecule has 5 nitrogen and oxygen atoms in total. The largest absolute Gasteiger partial charge is 0.395 e. The zero-order valence-corrected chi connectivity index (χ0v) is 14.6. The van der Waals surface area contributed by atoms with Gasteiger partial charge in [-0.2, -0.15) is 0 Å². The minimum atomic E-state index is 0.0320. The van der Waals surface area contributed by atoms with Crippen LogP contribution in [0.1, 0.15) is 22.8 Å². The molecule has 1 saturated heterocycles. The van der Waals surface area contributed by atoms with Gasteiger partial charge in [-0.05, 0) is 30.4 Å². The fourth-order valence-corrected chi connectivity index (χ4v) is 4.40. The van der Waals surface area contributed by atoms with Gasteiger partial charge in [0.2, 0.25) is 5.91 Å². The van der Waals surface area contributed by atoms with E-state index in [1.807, 2.05) is 4.90 Å². The highest BCUT2D eigenvalue weighted by Gasteiger charge is 2.46. The van der Waals surface area contributed by atoms with E-state index in [2.05, 4.69) is 23.3 Å². The summed E-state index contributed by atoms with van der Waals surface area (Å²) in [7, 11) is 0. The van der Waals surface area contributed by atoms with Crippen LogP contribution >= 0.6 is 11.3 Å². The first kappa shape index (κ1) is 16.9. The van der Waals surface area contributed by atoms with Crippen molar-refractivity contribution >= 4 is 17.2 Å². The van der Waals surface area contributed by atoms with Crippen molar-refractivity contribution < 1.29 is 14.6 Å². The van der Waals surface area contributed by atoms with Gasteiger partial charge in [0.05, 0.1) is 19.8 Å². The van der Waals surface area contributed by atoms with E-state index in [1.54, 1.807) is 11.3 Å². The summed E-state index contributed by atoms with van der Waals surface area (Å²) >= 11 is 1.76. The van der Waals surface area contributed by atoms with Crippen LogP contribution in [-0.2, 0) is 9.53 Å². The van der Waals surface area contributed by atoms with Gasteiger partial charge in [0.15, 0.2) is 0 Å². The first-order chi connectivity index (χ1) is 11.2. The minimum absolute atomic E-state index is 0.0320. The second kappa shape index (κ2) is 7.75. The first-order valence-corrected chi connectivity index (χ1v) is 9.32. The molecule has 1 aromatic rings. The highest BCUT2D eigenvalue weighted by Crippen LogP contribution is 2.51. The molecule has 23 heavy (non-hydrogen) atoms. The topological polar surface area (TPSA) is 53.0 Å². The highest BCUT2D eigenvalue weighted by molar-refractivity contribution is 7.10. The Labute approximate surface area is 141 Å². The number of thiophene rings is 1. The van der Waals surface area contributed by atoms with Gasteiger partial charge in [-0.3, -0.25) is 9.69 Å². The van der Waals surface area contributed by atoms with E-state index in [9.17, 15) is 9.90 Å². The van der Waals surface area contributed by atoms with Gasteiger partial charge >= 0.3 is 0 Å². The SMILES string of the molecule is Cc1ccsc1C1CC1C(=O)N(CCO)CCN1CCOCC1. The molecular formula is C17H26N2O3S. The summed E-state index contributed by atoms with van der Waals surface area (Å²) in [5.74, 6) is 0.723. The first-order valence-electron chi connectivity index (χ1n) is 8.44. The van der Waals surface area contributed by atoms with Crippen molar-refractivity contribution in [3.05, 3.63) is 21.9 Å². The standard InChI is InChI=1S/C17H26N2O3S/c1-13-2-11-23-16(13)14-12-15(14)17(21)19(5-8-20)4-3-18-6-9-22-10-7-18/h2,11,14-15,20H,3-10,12H2,1H3. The second-order valence-corrected chi connectivity index (χ2v) is 7.37. The van der Waals surface area contributed by atoms with E-state index >= 15 is 0 Å². The van der Waals surface area contributed by atoms with E-state index in [1.165, 1.54) is 10.4 Å². The molecule has 1 N–H and O–H groups in total. The number of ether oxygens (including phenoxy) is 1. The van der Waals surface area contributed by atoms with Crippen LogP contribution in [0.2, 0.25) is 0 Å². The maximum Gasteiger partial charge on any atom is 0.226 e. The van der Waals surface area contributed by atoms with Gasteiger partial charge in [-0.15, -0.1) is 11.3 Å². The number of amides is 1. The molecule has 1 saturated carbocycles. The predicted molar refractivity (Wildman–Crippen MR) is 90.8 cm³/mol. The van der Waals surface area contributed by atoms with E-state index in [0.717, 1.165) is 39.3 Å². The maximum atomic E-state index is 12.8. The Kier molecular flexibility index (Phi) is 5.69. The van der Waals surface area contributed by atoms with Gasteiger partial charge in [0.1, 0.15) is 0 Å². The fourth-order valence-electron chi connectivity index (χ4n) is 3.30. The Bertz CT molecular complexity index is 528. The Morgan fingerprint density at radius 1 is 1.43 bits per heavy atom. The summed E-state index contributed by atoms with van der Waals surface area (Å²) in [4.78, 5) is 18.3. The molecule has 2 fully saturated rings. The molecule has 2 heterocycles. The second-order valence-electron chi connectivity index (χ2n) is 6.42. The Balaban J connectivity index is 1.53. The zero-order valence-electron chi connectivity index (χ0n) is 13.7. The van der Waals surface area contributed by atoms with Crippen molar-refractivity contribution in [3.8, 4) is 0 Å². The normalized spacial score (nSPS) is 24.6. The van der Waals surface area contributed by atoms with Crippen molar-refractivity contribution in [3.63, 3.8) is 0 Å². The molecule has 1 aliphatic carbocycles. The van der Waals surface area contributed by atoms with Crippen molar-refractivity contribution in [2.45, 2.75) is 19.3 Å². The molecule has 0 spiro atoms. The fraction of sp³-hybridized carbons (Fsp3) is 0.706. The minimum Gasteiger partial charge on any atom is -0.395 e. The molecule has 2 atom stereocenters. The number of nitrogens with zero attached hydrogens (tertiary/aromatic N) is 2. The summed E-state index contributed by atoms with van der Waals surface area (Å²) in [6.45, 7) is 7.57. The van der Waals surface area contributed by atoms with Crippen LogP contribution in [0.4, 0.5) is 0 Å². The van der Waals surface area contributed by atoms with Crippen molar-refractivity contribution in [1.29, 1.82) is 0 Å². The smallest absolute Gasteiger partial charge is 0.226 e. The molecule has 0 bridgehead atoms. The number of aliphatic hydroxyl groups excluding tert-OH is 1. The summed E-state index contributed by atoms with van der Waals surface area (Å²) in [5, 5.41) is 11.4. The third kappa shape index (κ3) is 4.12. The highest BCUT2D eigenvalue weighted by atomic mass is 32.1. The summed E-state index contributed by atoms with van der Waals surface area (Å²) < 4.78 is 5.36. The Morgan fingerprint density at radius 3 is 2.87 bits per heavy atom. The van der Waals surface area contributed by atoms with E-state index in [0.29, 0.717) is 19.0 Å². The maximum absolute atomic E-state index is 12.8. The number of hydrogen-bond donors (Lipinski definition) is 1. The van der Waals surface area contributed by atoms with Gasteiger partial charge in [-0.25, -0.2) is 0 Å². The van der Waals surface area contributed by atoms with Crippen LogP contribution in [0.3, 0.4) is 0 Å². The van der Waals surface area contributed by atoms with Crippen LogP contribution in [0.25, 0.3) is 0 Å². The number of carbonyl (C=O) groups excluding carboxylic acids is 1. The summed E-state index contributed by atoms with van der Waals surface area (Å²) in [6.07, 6.45) is 0.958. The van der Waals surface area contributed by atoms with Crippen LogP contribution in [0.15, 0.2) is 11.4 Å². The lowest BCUT2D eigenvalue weighted by molar-refractivity contribution is -0.133. The van der Waals surface area contributed by atoms with Crippen LogP contribution < -0.4 is 0 Å². The third-order valence-electron chi connectivity index (χ3n) is 4.82. The zero-order chi connectivity index (χ0) is 16.2. The Hall–Kier alpha value is -0.950. The van der Waals surface area contributed by atoms with E-state index in [-0.39, 0.29) is 18.4 Å². The van der Waals surface area contributed by atoms with Crippen LogP contribution in [0, 0.1) is 12.8 Å². The van der Waals surface area contributed by atoms with Gasteiger partial charge in [0, 0.05) is 49.4 Å². The van der Waals surface area contributed by atoms with Gasteiger partial charge < -0.3 is 14.7 Å². The number of rotatable bonds is 7. The average Bonchev–Trinajstić information content (AvgIpc) is 3.25. The van der Waals surface area contributed by atoms with Crippen LogP contribution in [0.5, 0.6) is 0 Å². The quantitative estimate of drug-likeness (QED) is 0.815. The molecule has 128 valence electrons. The Morgan fingerprint density at radius 2 is 2.22 bits per heavy atom. The monoisotopic (exact) mass is 338 g/mol. The van der Waals surface area contributed by atoms with Crippen LogP contribution in [-0.4, -0.2) is 73.4 Å². The lowest BCUT2D eigenvalue weighted by Crippen LogP contribution is -2.44. The number of aryl methyl sites for hydroxylation is 1. The van der Waals surface area contributed by atoms with E-state index in [4.69, 9.17) is 4.74 Å². The predicted octanol–water partition coefficient (Wildman–Crippen LogP) is 1.31. The third-order valence-corrected chi connectivity index (χ3v) is 5.97. The molecule has 1 amide bonds. The molecule has 0 radical (unpaired) electrons.